The zero-order chi connectivity index (χ0) is 17.7. The van der Waals surface area contributed by atoms with Gasteiger partial charge in [-0.05, 0) is 56.5 Å². The molecule has 4 nitrogen and oxygen atoms in total. The predicted molar refractivity (Wildman–Crippen MR) is 101 cm³/mol. The lowest BCUT2D eigenvalue weighted by atomic mass is 9.75. The number of piperidine rings is 3. The number of likely N-dealkylation sites (tertiary alicyclic amines) is 1. The summed E-state index contributed by atoms with van der Waals surface area (Å²) >= 11 is 0. The second-order valence-corrected chi connectivity index (χ2v) is 8.07. The number of pyridine rings is 1. The fraction of sp³-hybridized carbons (Fsp3) is 0.455. The summed E-state index contributed by atoms with van der Waals surface area (Å²) in [6.45, 7) is 5.32. The third-order valence-electron chi connectivity index (χ3n) is 6.67. The first kappa shape index (κ1) is 16.0. The lowest BCUT2D eigenvalue weighted by Gasteiger charge is -2.51. The van der Waals surface area contributed by atoms with Crippen molar-refractivity contribution in [2.45, 2.75) is 37.8 Å². The lowest BCUT2D eigenvalue weighted by Crippen LogP contribution is -2.60. The van der Waals surface area contributed by atoms with Gasteiger partial charge in [-0.3, -0.25) is 14.7 Å². The van der Waals surface area contributed by atoms with E-state index in [-0.39, 0.29) is 5.91 Å². The summed E-state index contributed by atoms with van der Waals surface area (Å²) in [4.78, 5) is 22.2. The summed E-state index contributed by atoms with van der Waals surface area (Å²) in [5.41, 5.74) is 3.38. The van der Waals surface area contributed by atoms with Gasteiger partial charge >= 0.3 is 0 Å². The van der Waals surface area contributed by atoms with Gasteiger partial charge in [-0.15, -0.1) is 0 Å². The summed E-state index contributed by atoms with van der Waals surface area (Å²) in [5.74, 6) is 1.20. The Morgan fingerprint density at radius 3 is 2.54 bits per heavy atom. The van der Waals surface area contributed by atoms with Crippen molar-refractivity contribution in [1.82, 2.24) is 14.8 Å². The van der Waals surface area contributed by atoms with Gasteiger partial charge in [0.1, 0.15) is 0 Å². The Kier molecular flexibility index (Phi) is 3.82. The van der Waals surface area contributed by atoms with Crippen LogP contribution in [0.15, 0.2) is 48.8 Å². The molecular formula is C22H25N3O. The van der Waals surface area contributed by atoms with E-state index in [1.807, 2.05) is 12.1 Å². The minimum absolute atomic E-state index is 0.150. The number of carbonyl (C=O) groups is 1. The molecule has 2 aromatic rings. The van der Waals surface area contributed by atoms with E-state index in [1.165, 1.54) is 37.1 Å². The summed E-state index contributed by atoms with van der Waals surface area (Å²) in [5, 5.41) is 0. The van der Waals surface area contributed by atoms with Crippen LogP contribution in [0.3, 0.4) is 0 Å². The van der Waals surface area contributed by atoms with Gasteiger partial charge in [-0.1, -0.05) is 29.8 Å². The Labute approximate surface area is 154 Å². The van der Waals surface area contributed by atoms with Crippen LogP contribution in [0, 0.1) is 12.8 Å². The molecule has 0 aliphatic carbocycles. The summed E-state index contributed by atoms with van der Waals surface area (Å²) in [6.07, 6.45) is 5.88. The number of nitrogens with zero attached hydrogens (tertiary/aromatic N) is 3. The molecule has 4 saturated heterocycles. The number of fused-ring (bicyclic) bond motifs is 2. The number of hydrogen-bond donors (Lipinski definition) is 0. The van der Waals surface area contributed by atoms with Crippen molar-refractivity contribution in [2.24, 2.45) is 5.92 Å². The predicted octanol–water partition coefficient (Wildman–Crippen LogP) is 3.09. The van der Waals surface area contributed by atoms with E-state index in [9.17, 15) is 4.79 Å². The van der Waals surface area contributed by atoms with Crippen LogP contribution in [0.1, 0.15) is 40.2 Å². The first-order valence-corrected chi connectivity index (χ1v) is 9.74. The van der Waals surface area contributed by atoms with Gasteiger partial charge in [-0.25, -0.2) is 0 Å². The Morgan fingerprint density at radius 2 is 1.85 bits per heavy atom. The maximum absolute atomic E-state index is 13.3. The summed E-state index contributed by atoms with van der Waals surface area (Å²) in [6, 6.07) is 13.5. The van der Waals surface area contributed by atoms with Crippen LogP contribution in [0.4, 0.5) is 0 Å². The SMILES string of the molecule is Cc1ccc([C@@H]2CN(C(=O)c3cccnc3)[C@@H]3C4CCN(CC4)[C@@H]32)cc1. The van der Waals surface area contributed by atoms with Gasteiger partial charge in [0.15, 0.2) is 0 Å². The molecule has 5 heterocycles. The highest BCUT2D eigenvalue weighted by Gasteiger charge is 2.54. The maximum atomic E-state index is 13.3. The molecule has 0 unspecified atom stereocenters. The quantitative estimate of drug-likeness (QED) is 0.838. The number of amides is 1. The van der Waals surface area contributed by atoms with Crippen LogP contribution in [-0.4, -0.2) is 52.4 Å². The maximum Gasteiger partial charge on any atom is 0.255 e. The Morgan fingerprint density at radius 1 is 1.08 bits per heavy atom. The molecule has 4 aliphatic heterocycles. The summed E-state index contributed by atoms with van der Waals surface area (Å²) in [7, 11) is 0. The van der Waals surface area contributed by atoms with Gasteiger partial charge in [0.2, 0.25) is 0 Å². The van der Waals surface area contributed by atoms with Crippen LogP contribution >= 0.6 is 0 Å². The molecule has 0 radical (unpaired) electrons. The van der Waals surface area contributed by atoms with Crippen molar-refractivity contribution in [1.29, 1.82) is 0 Å². The number of carbonyl (C=O) groups excluding carboxylic acids is 1. The fourth-order valence-electron chi connectivity index (χ4n) is 5.42. The molecule has 0 spiro atoms. The number of aryl methyl sites for hydroxylation is 1. The average molecular weight is 347 g/mol. The van der Waals surface area contributed by atoms with Crippen LogP contribution in [-0.2, 0) is 0 Å². The molecular weight excluding hydrogens is 322 g/mol. The van der Waals surface area contributed by atoms with E-state index in [0.717, 1.165) is 6.54 Å². The monoisotopic (exact) mass is 347 g/mol. The van der Waals surface area contributed by atoms with Gasteiger partial charge in [0, 0.05) is 30.9 Å². The van der Waals surface area contributed by atoms with Crippen molar-refractivity contribution in [3.63, 3.8) is 0 Å². The van der Waals surface area contributed by atoms with E-state index >= 15 is 0 Å². The minimum atomic E-state index is 0.150. The van der Waals surface area contributed by atoms with Crippen molar-refractivity contribution >= 4 is 5.91 Å². The molecule has 1 aromatic heterocycles. The Hall–Kier alpha value is -2.20. The van der Waals surface area contributed by atoms with Crippen molar-refractivity contribution < 1.29 is 4.79 Å². The second kappa shape index (κ2) is 6.20. The molecule has 4 aliphatic rings. The van der Waals surface area contributed by atoms with Gasteiger partial charge in [-0.2, -0.15) is 0 Å². The van der Waals surface area contributed by atoms with Crippen LogP contribution < -0.4 is 0 Å². The molecule has 1 amide bonds. The molecule has 0 N–H and O–H groups in total. The zero-order valence-corrected chi connectivity index (χ0v) is 15.2. The largest absolute Gasteiger partial charge is 0.333 e. The highest BCUT2D eigenvalue weighted by atomic mass is 16.2. The third kappa shape index (κ3) is 2.47. The van der Waals surface area contributed by atoms with Gasteiger partial charge in [0.25, 0.3) is 5.91 Å². The second-order valence-electron chi connectivity index (χ2n) is 8.07. The first-order valence-electron chi connectivity index (χ1n) is 9.74. The summed E-state index contributed by atoms with van der Waals surface area (Å²) < 4.78 is 0. The Bertz CT molecular complexity index is 796. The van der Waals surface area contributed by atoms with E-state index in [2.05, 4.69) is 46.0 Å². The van der Waals surface area contributed by atoms with E-state index in [4.69, 9.17) is 0 Å². The highest BCUT2D eigenvalue weighted by molar-refractivity contribution is 5.94. The molecule has 26 heavy (non-hydrogen) atoms. The molecule has 0 saturated carbocycles. The van der Waals surface area contributed by atoms with Gasteiger partial charge < -0.3 is 4.90 Å². The molecule has 4 heteroatoms. The van der Waals surface area contributed by atoms with E-state index < -0.39 is 0 Å². The van der Waals surface area contributed by atoms with Gasteiger partial charge in [0.05, 0.1) is 11.6 Å². The van der Waals surface area contributed by atoms with E-state index in [0.29, 0.717) is 29.5 Å². The third-order valence-corrected chi connectivity index (χ3v) is 6.67. The fourth-order valence-corrected chi connectivity index (χ4v) is 5.42. The topological polar surface area (TPSA) is 36.4 Å². The van der Waals surface area contributed by atoms with Crippen molar-refractivity contribution in [3.05, 3.63) is 65.5 Å². The molecule has 1 aromatic carbocycles. The average Bonchev–Trinajstić information content (AvgIpc) is 3.12. The molecule has 6 rings (SSSR count). The van der Waals surface area contributed by atoms with Crippen LogP contribution in [0.25, 0.3) is 0 Å². The molecule has 134 valence electrons. The molecule has 4 fully saturated rings. The smallest absolute Gasteiger partial charge is 0.255 e. The number of hydrogen-bond acceptors (Lipinski definition) is 3. The van der Waals surface area contributed by atoms with Crippen molar-refractivity contribution in [3.8, 4) is 0 Å². The molecule has 3 atom stereocenters. The normalized spacial score (nSPS) is 32.5. The van der Waals surface area contributed by atoms with Crippen LogP contribution in [0.2, 0.25) is 0 Å². The lowest BCUT2D eigenvalue weighted by molar-refractivity contribution is -0.00341. The number of aromatic nitrogens is 1. The minimum Gasteiger partial charge on any atom is -0.333 e. The first-order chi connectivity index (χ1) is 12.7. The van der Waals surface area contributed by atoms with E-state index in [1.54, 1.807) is 12.4 Å². The zero-order valence-electron chi connectivity index (χ0n) is 15.2. The van der Waals surface area contributed by atoms with Crippen LogP contribution in [0.5, 0.6) is 0 Å². The Balaban J connectivity index is 1.52. The highest BCUT2D eigenvalue weighted by Crippen LogP contribution is 2.46. The molecule has 2 bridgehead atoms. The standard InChI is InChI=1S/C22H25N3O/c1-15-4-6-16(7-5-15)19-14-25(22(26)18-3-2-10-23-13-18)20-17-8-11-24(12-9-17)21(19)20/h2-7,10,13,17,19-21H,8-9,11-12,14H2,1H3/t19-,20+,21+/m0/s1. The number of benzene rings is 1. The van der Waals surface area contributed by atoms with Crippen molar-refractivity contribution in [2.75, 3.05) is 19.6 Å². The number of rotatable bonds is 2.